The molecule has 0 aliphatic heterocycles. The summed E-state index contributed by atoms with van der Waals surface area (Å²) in [7, 11) is 0. The molecule has 52 heavy (non-hydrogen) atoms. The number of para-hydroxylation sites is 4. The van der Waals surface area contributed by atoms with Gasteiger partial charge in [-0.05, 0) is 81.9 Å². The van der Waals surface area contributed by atoms with Gasteiger partial charge in [-0.15, -0.1) is 0 Å². The van der Waals surface area contributed by atoms with Crippen molar-refractivity contribution in [3.63, 3.8) is 0 Å². The highest BCUT2D eigenvalue weighted by atomic mass is 16.3. The van der Waals surface area contributed by atoms with Crippen molar-refractivity contribution in [3.8, 4) is 33.4 Å². The number of rotatable bonds is 6. The average Bonchev–Trinajstić information content (AvgIpc) is 3.61. The normalized spacial score (nSPS) is 12.4. The van der Waals surface area contributed by atoms with E-state index in [0.29, 0.717) is 0 Å². The Morgan fingerprint density at radius 2 is 0.962 bits per heavy atom. The van der Waals surface area contributed by atoms with Gasteiger partial charge < -0.3 is 9.32 Å². The summed E-state index contributed by atoms with van der Waals surface area (Å²) >= 11 is 0. The van der Waals surface area contributed by atoms with E-state index >= 15 is 0 Å². The number of nitrogens with zero attached hydrogens (tertiary/aromatic N) is 1. The first kappa shape index (κ1) is 30.2. The molecule has 0 saturated heterocycles. The highest BCUT2D eigenvalue weighted by Crippen LogP contribution is 2.46. The third-order valence-corrected chi connectivity index (χ3v) is 10.6. The van der Waals surface area contributed by atoms with E-state index in [1.807, 2.05) is 0 Å². The Labute approximate surface area is 303 Å². The fraction of sp³-hybridized carbons (Fsp3) is 0.0400. The molecule has 9 aromatic rings. The maximum absolute atomic E-state index is 6.87. The average molecular weight is 666 g/mol. The summed E-state index contributed by atoms with van der Waals surface area (Å²) in [5.41, 5.74) is 15.1. The van der Waals surface area contributed by atoms with Crippen molar-refractivity contribution in [2.45, 2.75) is 12.8 Å². The summed E-state index contributed by atoms with van der Waals surface area (Å²) in [5, 5.41) is 4.75. The van der Waals surface area contributed by atoms with Crippen LogP contribution in [0, 0.1) is 0 Å². The highest BCUT2D eigenvalue weighted by molar-refractivity contribution is 6.14. The third-order valence-electron chi connectivity index (χ3n) is 10.6. The van der Waals surface area contributed by atoms with Gasteiger partial charge in [0.1, 0.15) is 11.2 Å². The smallest absolute Gasteiger partial charge is 0.143 e. The van der Waals surface area contributed by atoms with Crippen LogP contribution in [0.5, 0.6) is 0 Å². The van der Waals surface area contributed by atoms with Gasteiger partial charge in [0.15, 0.2) is 0 Å². The Hall–Kier alpha value is -6.64. The van der Waals surface area contributed by atoms with Crippen molar-refractivity contribution in [1.29, 1.82) is 0 Å². The lowest BCUT2D eigenvalue weighted by atomic mass is 9.83. The van der Waals surface area contributed by atoms with Crippen LogP contribution >= 0.6 is 0 Å². The second-order valence-corrected chi connectivity index (χ2v) is 13.5. The fourth-order valence-electron chi connectivity index (χ4n) is 8.21. The van der Waals surface area contributed by atoms with Gasteiger partial charge in [-0.25, -0.2) is 0 Å². The van der Waals surface area contributed by atoms with Gasteiger partial charge in [-0.2, -0.15) is 0 Å². The monoisotopic (exact) mass is 665 g/mol. The molecule has 0 radical (unpaired) electrons. The van der Waals surface area contributed by atoms with Crippen LogP contribution in [0.3, 0.4) is 0 Å². The zero-order valence-electron chi connectivity index (χ0n) is 28.7. The second kappa shape index (κ2) is 12.6. The first-order valence-corrected chi connectivity index (χ1v) is 18.1. The Kier molecular flexibility index (Phi) is 7.32. The van der Waals surface area contributed by atoms with Crippen LogP contribution < -0.4 is 4.90 Å². The van der Waals surface area contributed by atoms with Crippen molar-refractivity contribution < 1.29 is 4.42 Å². The molecule has 0 N–H and O–H groups in total. The first-order valence-electron chi connectivity index (χ1n) is 18.1. The lowest BCUT2D eigenvalue weighted by molar-refractivity contribution is 0.671. The van der Waals surface area contributed by atoms with Gasteiger partial charge in [-0.1, -0.05) is 158 Å². The minimum absolute atomic E-state index is 0.938. The van der Waals surface area contributed by atoms with Crippen LogP contribution in [0.15, 0.2) is 186 Å². The lowest BCUT2D eigenvalue weighted by Crippen LogP contribution is -2.10. The van der Waals surface area contributed by atoms with E-state index in [1.54, 1.807) is 0 Å². The second-order valence-electron chi connectivity index (χ2n) is 13.5. The summed E-state index contributed by atoms with van der Waals surface area (Å²) in [5.74, 6) is 0. The number of benzene rings is 8. The van der Waals surface area contributed by atoms with Crippen molar-refractivity contribution in [2.24, 2.45) is 0 Å². The Morgan fingerprint density at radius 1 is 0.404 bits per heavy atom. The molecule has 0 saturated carbocycles. The summed E-state index contributed by atoms with van der Waals surface area (Å²) in [4.78, 5) is 2.36. The minimum atomic E-state index is 0.938. The largest absolute Gasteiger partial charge is 0.455 e. The molecule has 1 aliphatic carbocycles. The number of anilines is 3. The number of allylic oxidation sites excluding steroid dienone is 1. The van der Waals surface area contributed by atoms with E-state index in [1.165, 1.54) is 38.6 Å². The third kappa shape index (κ3) is 4.95. The topological polar surface area (TPSA) is 16.4 Å². The molecule has 1 aromatic heterocycles. The molecule has 0 amide bonds. The molecule has 2 nitrogen and oxygen atoms in total. The van der Waals surface area contributed by atoms with Crippen molar-refractivity contribution in [1.82, 2.24) is 0 Å². The van der Waals surface area contributed by atoms with Crippen LogP contribution in [0.2, 0.25) is 0 Å². The molecule has 0 spiro atoms. The van der Waals surface area contributed by atoms with Gasteiger partial charge >= 0.3 is 0 Å². The minimum Gasteiger partial charge on any atom is -0.455 e. The Balaban J connectivity index is 1.15. The van der Waals surface area contributed by atoms with Gasteiger partial charge in [0.05, 0.1) is 5.69 Å². The van der Waals surface area contributed by atoms with E-state index in [2.05, 4.69) is 193 Å². The van der Waals surface area contributed by atoms with Gasteiger partial charge in [0, 0.05) is 38.7 Å². The molecule has 10 rings (SSSR count). The van der Waals surface area contributed by atoms with Crippen molar-refractivity contribution in [2.75, 3.05) is 4.90 Å². The maximum Gasteiger partial charge on any atom is 0.143 e. The zero-order chi connectivity index (χ0) is 34.4. The van der Waals surface area contributed by atoms with E-state index in [9.17, 15) is 0 Å². The summed E-state index contributed by atoms with van der Waals surface area (Å²) in [6.07, 6.45) is 6.66. The molecular formula is C50H35NO. The molecule has 8 aromatic carbocycles. The quantitative estimate of drug-likeness (QED) is 0.176. The van der Waals surface area contributed by atoms with Crippen LogP contribution in [0.25, 0.3) is 72.2 Å². The predicted octanol–water partition coefficient (Wildman–Crippen LogP) is 14.2. The van der Waals surface area contributed by atoms with Gasteiger partial charge in [-0.3, -0.25) is 0 Å². The zero-order valence-corrected chi connectivity index (χ0v) is 28.7. The maximum atomic E-state index is 6.87. The van der Waals surface area contributed by atoms with E-state index in [4.69, 9.17) is 4.42 Å². The molecule has 0 bridgehead atoms. The highest BCUT2D eigenvalue weighted by Gasteiger charge is 2.23. The fourth-order valence-corrected chi connectivity index (χ4v) is 8.21. The molecule has 0 fully saturated rings. The SMILES string of the molecule is C1=Cc2c(-c3ccc(N(c4ccccc4)c4ccccc4)c4ccccc34)ccc(-c3cccc4c3oc3c(-c5ccccc5)cccc34)c2CC1. The van der Waals surface area contributed by atoms with Crippen LogP contribution in [-0.2, 0) is 6.42 Å². The molecular weight excluding hydrogens is 631 g/mol. The number of fused-ring (bicyclic) bond motifs is 5. The predicted molar refractivity (Wildman–Crippen MR) is 220 cm³/mol. The van der Waals surface area contributed by atoms with Crippen LogP contribution in [0.1, 0.15) is 17.5 Å². The van der Waals surface area contributed by atoms with Crippen LogP contribution in [-0.4, -0.2) is 0 Å². The van der Waals surface area contributed by atoms with Gasteiger partial charge in [0.2, 0.25) is 0 Å². The molecule has 1 heterocycles. The first-order chi connectivity index (χ1) is 25.8. The van der Waals surface area contributed by atoms with E-state index < -0.39 is 0 Å². The van der Waals surface area contributed by atoms with Crippen molar-refractivity contribution in [3.05, 3.63) is 193 Å². The number of hydrogen-bond donors (Lipinski definition) is 0. The summed E-state index contributed by atoms with van der Waals surface area (Å²) < 4.78 is 6.87. The molecule has 2 heteroatoms. The van der Waals surface area contributed by atoms with Crippen LogP contribution in [0.4, 0.5) is 17.1 Å². The molecule has 0 atom stereocenters. The Morgan fingerprint density at radius 3 is 1.67 bits per heavy atom. The molecule has 246 valence electrons. The number of hydrogen-bond acceptors (Lipinski definition) is 2. The molecule has 1 aliphatic rings. The van der Waals surface area contributed by atoms with Crippen molar-refractivity contribution >= 4 is 55.8 Å². The molecule has 0 unspecified atom stereocenters. The standard InChI is InChI=1S/C50H35NO/c1-4-16-34(17-5-1)37-26-14-28-46-47-29-15-27-45(50(47)52-49(37)46)43-31-30-41(38-22-10-11-23-39(38)43)42-32-33-48(44-25-13-12-24-40(42)44)51(35-18-6-2-7-19-35)36-20-8-3-9-21-36/h1-10,12-22,24-33H,11,23H2. The van der Waals surface area contributed by atoms with E-state index in [0.717, 1.165) is 68.5 Å². The summed E-state index contributed by atoms with van der Waals surface area (Å²) in [6.45, 7) is 0. The lowest BCUT2D eigenvalue weighted by Gasteiger charge is -2.28. The van der Waals surface area contributed by atoms with Gasteiger partial charge in [0.25, 0.3) is 0 Å². The Bertz CT molecular complexity index is 2740. The van der Waals surface area contributed by atoms with E-state index in [-0.39, 0.29) is 0 Å². The number of furan rings is 1. The summed E-state index contributed by atoms with van der Waals surface area (Å²) in [6, 6.07) is 63.0.